The molecule has 0 saturated carbocycles. The predicted octanol–water partition coefficient (Wildman–Crippen LogP) is -0.604. The van der Waals surface area contributed by atoms with Crippen LogP contribution in [-0.2, 0) is 102 Å². The summed E-state index contributed by atoms with van der Waals surface area (Å²) in [6, 6.07) is 0. The van der Waals surface area contributed by atoms with Gasteiger partial charge in [0.25, 0.3) is 0 Å². The summed E-state index contributed by atoms with van der Waals surface area (Å²) >= 11 is 0. The first-order valence-electron chi connectivity index (χ1n) is 0. The normalized spacial score (nSPS) is 0. The van der Waals surface area contributed by atoms with Crippen LogP contribution in [0.25, 0.3) is 0 Å². The SMILES string of the molecule is [O-2].[O-2].[O-2].[O-2].[O-2].[V+5].[V+5].[V].[V]. The Bertz CT molecular complexity index is 8.92. The fraction of sp³-hybridized carbons (Fsp3) is 0. The molecule has 0 aromatic carbocycles. The maximum Gasteiger partial charge on any atom is 5.00 e. The van der Waals surface area contributed by atoms with Crippen LogP contribution in [-0.4, -0.2) is 0 Å². The van der Waals surface area contributed by atoms with Crippen LogP contribution in [0, 0.1) is 0 Å². The molecule has 0 fully saturated rings. The first-order valence-corrected chi connectivity index (χ1v) is 0. The number of hydrogen-bond acceptors (Lipinski definition) is 0. The molecule has 0 aliphatic heterocycles. The zero-order chi connectivity index (χ0) is 0. The van der Waals surface area contributed by atoms with Crippen molar-refractivity contribution in [3.63, 3.8) is 0 Å². The van der Waals surface area contributed by atoms with Crippen LogP contribution in [0.2, 0.25) is 0 Å². The molecule has 0 aromatic heterocycles. The second-order valence-electron chi connectivity index (χ2n) is 0. The number of hydrogen-bond donors (Lipinski definition) is 0. The van der Waals surface area contributed by atoms with Gasteiger partial charge in [-0.25, -0.2) is 0 Å². The molecule has 5 nitrogen and oxygen atoms in total. The molecule has 2 radical (unpaired) electrons. The van der Waals surface area contributed by atoms with E-state index in [1.54, 1.807) is 0 Å². The Morgan fingerprint density at radius 3 is 0.333 bits per heavy atom. The Morgan fingerprint density at radius 2 is 0.333 bits per heavy atom. The minimum Gasteiger partial charge on any atom is -2.00 e. The molecule has 50 valence electrons. The molecule has 9 heavy (non-hydrogen) atoms. The van der Waals surface area contributed by atoms with E-state index in [2.05, 4.69) is 0 Å². The maximum atomic E-state index is 0. The zero-order valence-electron chi connectivity index (χ0n) is 3.83. The van der Waals surface area contributed by atoms with Crippen LogP contribution in [0.15, 0.2) is 0 Å². The van der Waals surface area contributed by atoms with E-state index in [1.807, 2.05) is 0 Å². The summed E-state index contributed by atoms with van der Waals surface area (Å²) in [4.78, 5) is 0. The fourth-order valence-corrected chi connectivity index (χ4v) is 0. The van der Waals surface area contributed by atoms with Crippen molar-refractivity contribution in [2.24, 2.45) is 0 Å². The van der Waals surface area contributed by atoms with Gasteiger partial charge in [-0.2, -0.15) is 0 Å². The van der Waals surface area contributed by atoms with Crippen molar-refractivity contribution >= 4 is 0 Å². The van der Waals surface area contributed by atoms with Crippen LogP contribution in [0.4, 0.5) is 0 Å². The van der Waals surface area contributed by atoms with Crippen molar-refractivity contribution in [1.29, 1.82) is 0 Å². The van der Waals surface area contributed by atoms with E-state index in [0.29, 0.717) is 0 Å². The smallest absolute Gasteiger partial charge is 2.00 e. The third-order valence-corrected chi connectivity index (χ3v) is 0. The minimum absolute atomic E-state index is 0. The Kier molecular flexibility index (Phi) is 5160. The van der Waals surface area contributed by atoms with Crippen LogP contribution in [0.5, 0.6) is 0 Å². The molecule has 0 saturated heterocycles. The topological polar surface area (TPSA) is 142 Å². The summed E-state index contributed by atoms with van der Waals surface area (Å²) in [5.74, 6) is 0. The average Bonchev–Trinajstić information content (AvgIpc) is 0. The van der Waals surface area contributed by atoms with E-state index in [9.17, 15) is 0 Å². The predicted molar refractivity (Wildman–Crippen MR) is 3.43 cm³/mol. The monoisotopic (exact) mass is 284 g/mol. The van der Waals surface area contributed by atoms with Crippen molar-refractivity contribution < 1.29 is 102 Å². The van der Waals surface area contributed by atoms with Crippen molar-refractivity contribution in [1.82, 2.24) is 0 Å². The largest absolute Gasteiger partial charge is 5.00 e. The summed E-state index contributed by atoms with van der Waals surface area (Å²) in [5.41, 5.74) is 0. The molecule has 9 heteroatoms. The molecule has 0 heterocycles. The van der Waals surface area contributed by atoms with Crippen molar-refractivity contribution in [2.75, 3.05) is 0 Å². The molecule has 0 aromatic rings. The Labute approximate surface area is 101 Å². The summed E-state index contributed by atoms with van der Waals surface area (Å²) in [5, 5.41) is 0. The van der Waals surface area contributed by atoms with Gasteiger partial charge < -0.3 is 27.4 Å². The van der Waals surface area contributed by atoms with Crippen LogP contribution in [0.3, 0.4) is 0 Å². The van der Waals surface area contributed by atoms with E-state index >= 15 is 0 Å². The van der Waals surface area contributed by atoms with Crippen LogP contribution < -0.4 is 0 Å². The van der Waals surface area contributed by atoms with Gasteiger partial charge in [0.2, 0.25) is 0 Å². The van der Waals surface area contributed by atoms with E-state index in [4.69, 9.17) is 0 Å². The third-order valence-electron chi connectivity index (χ3n) is 0. The van der Waals surface area contributed by atoms with E-state index in [-0.39, 0.29) is 102 Å². The molecule has 0 bridgehead atoms. The zero-order valence-corrected chi connectivity index (χ0v) is 9.42. The second kappa shape index (κ2) is 185. The maximum absolute atomic E-state index is 0. The van der Waals surface area contributed by atoms with E-state index < -0.39 is 0 Å². The molecule has 0 N–H and O–H groups in total. The summed E-state index contributed by atoms with van der Waals surface area (Å²) in [6.07, 6.45) is 0. The standard InChI is InChI=1S/5O.4V/q5*-2;;;2*+5. The fourth-order valence-electron chi connectivity index (χ4n) is 0. The van der Waals surface area contributed by atoms with Gasteiger partial charge in [0.1, 0.15) is 0 Å². The van der Waals surface area contributed by atoms with Crippen molar-refractivity contribution in [2.45, 2.75) is 0 Å². The molecule has 0 aliphatic carbocycles. The Hall–Kier alpha value is 2.14. The van der Waals surface area contributed by atoms with Gasteiger partial charge in [-0.1, -0.05) is 0 Å². The van der Waals surface area contributed by atoms with Gasteiger partial charge in [-0.05, 0) is 0 Å². The van der Waals surface area contributed by atoms with E-state index in [1.165, 1.54) is 0 Å². The minimum atomic E-state index is 0. The second-order valence-corrected chi connectivity index (χ2v) is 0. The molecule has 0 atom stereocenters. The van der Waals surface area contributed by atoms with Gasteiger partial charge in [-0.15, -0.1) is 0 Å². The van der Waals surface area contributed by atoms with Crippen molar-refractivity contribution in [3.8, 4) is 0 Å². The van der Waals surface area contributed by atoms with Gasteiger partial charge in [-0.3, -0.25) is 0 Å². The molecule has 0 unspecified atom stereocenters. The van der Waals surface area contributed by atoms with Gasteiger partial charge in [0.05, 0.1) is 0 Å². The number of rotatable bonds is 0. The molecule has 0 amide bonds. The Morgan fingerprint density at radius 1 is 0.333 bits per heavy atom. The van der Waals surface area contributed by atoms with Crippen LogP contribution >= 0.6 is 0 Å². The first-order chi connectivity index (χ1) is 0. The van der Waals surface area contributed by atoms with Crippen molar-refractivity contribution in [3.05, 3.63) is 0 Å². The molecular weight excluding hydrogens is 284 g/mol. The Balaban J connectivity index is 0. The van der Waals surface area contributed by atoms with Gasteiger partial charge in [0, 0.05) is 37.1 Å². The first kappa shape index (κ1) is 250. The summed E-state index contributed by atoms with van der Waals surface area (Å²) in [7, 11) is 0. The van der Waals surface area contributed by atoms with E-state index in [0.717, 1.165) is 0 Å². The summed E-state index contributed by atoms with van der Waals surface area (Å²) in [6.45, 7) is 0. The third kappa shape index (κ3) is 147. The summed E-state index contributed by atoms with van der Waals surface area (Å²) < 4.78 is 0. The van der Waals surface area contributed by atoms with Gasteiger partial charge in [0.15, 0.2) is 0 Å². The average molecular weight is 284 g/mol. The van der Waals surface area contributed by atoms with Crippen LogP contribution in [0.1, 0.15) is 0 Å². The molecule has 0 aliphatic rings. The molecule has 0 rings (SSSR count). The van der Waals surface area contributed by atoms with Gasteiger partial charge >= 0.3 is 37.1 Å². The molecular formula is O5V4. The molecule has 0 spiro atoms. The quantitative estimate of drug-likeness (QED) is 0.559.